The normalized spacial score (nSPS) is 18.4. The molecule has 0 N–H and O–H groups in total. The van der Waals surface area contributed by atoms with Crippen LogP contribution in [0.1, 0.15) is 0 Å². The molecule has 0 saturated heterocycles. The molecular weight excluding hydrogens is 281 g/mol. The number of alkyl halides is 11. The minimum Gasteiger partial charge on any atom is -0.243 e. The van der Waals surface area contributed by atoms with Crippen LogP contribution in [0.25, 0.3) is 0 Å². The summed E-state index contributed by atoms with van der Waals surface area (Å²) in [6, 6.07) is 0. The van der Waals surface area contributed by atoms with Crippen molar-refractivity contribution in [3.8, 4) is 0 Å². The van der Waals surface area contributed by atoms with Crippen molar-refractivity contribution >= 4 is 0 Å². The fourth-order valence-corrected chi connectivity index (χ4v) is 0.896. The molecule has 0 aromatic carbocycles. The molecule has 0 aliphatic heterocycles. The molecule has 0 aliphatic rings. The lowest BCUT2D eigenvalue weighted by atomic mass is 9.98. The van der Waals surface area contributed by atoms with E-state index in [1.54, 1.807) is 0 Å². The summed E-state index contributed by atoms with van der Waals surface area (Å²) in [5.41, 5.74) is 0. The van der Waals surface area contributed by atoms with Gasteiger partial charge in [0.25, 0.3) is 0 Å². The van der Waals surface area contributed by atoms with Crippen molar-refractivity contribution in [2.24, 2.45) is 5.92 Å². The first-order valence-electron chi connectivity index (χ1n) is 3.67. The Hall–Kier alpha value is -0.770. The average molecular weight is 284 g/mol. The molecule has 0 spiro atoms. The summed E-state index contributed by atoms with van der Waals surface area (Å²) in [6.07, 6.45) is -28.5. The van der Waals surface area contributed by atoms with Crippen molar-refractivity contribution in [1.29, 1.82) is 0 Å². The number of hydrogen-bond acceptors (Lipinski definition) is 0. The maximum Gasteiger partial charge on any atom is 0.422 e. The first kappa shape index (κ1) is 16.2. The Labute approximate surface area is 86.4 Å². The molecular formula is C6H3F11. The lowest BCUT2D eigenvalue weighted by Gasteiger charge is -2.28. The van der Waals surface area contributed by atoms with E-state index in [0.717, 1.165) is 0 Å². The summed E-state index contributed by atoms with van der Waals surface area (Å²) in [5, 5.41) is 0. The molecule has 0 bridgehead atoms. The predicted octanol–water partition coefficient (Wildman–Crippen LogP) is 3.97. The Bertz CT molecular complexity index is 230. The van der Waals surface area contributed by atoms with E-state index in [1.807, 2.05) is 0 Å². The standard InChI is InChI=1S/C6H3F11/c7-1(3(8)6(15,16)17)2(4(9,10)11)5(12,13)14/h1-3H. The maximum absolute atomic E-state index is 12.4. The Morgan fingerprint density at radius 3 is 1.00 bits per heavy atom. The number of hydrogen-bond donors (Lipinski definition) is 0. The van der Waals surface area contributed by atoms with Crippen molar-refractivity contribution in [3.05, 3.63) is 0 Å². The lowest BCUT2D eigenvalue weighted by molar-refractivity contribution is -0.315. The summed E-state index contributed by atoms with van der Waals surface area (Å²) in [5.74, 6) is -5.02. The van der Waals surface area contributed by atoms with E-state index < -0.39 is 36.8 Å². The Kier molecular flexibility index (Phi) is 4.28. The highest BCUT2D eigenvalue weighted by molar-refractivity contribution is 4.89. The zero-order chi connectivity index (χ0) is 14.2. The van der Waals surface area contributed by atoms with Gasteiger partial charge in [-0.2, -0.15) is 39.5 Å². The van der Waals surface area contributed by atoms with E-state index in [9.17, 15) is 48.3 Å². The van der Waals surface area contributed by atoms with E-state index in [4.69, 9.17) is 0 Å². The average Bonchev–Trinajstić information content (AvgIpc) is 1.94. The van der Waals surface area contributed by atoms with Gasteiger partial charge in [-0.3, -0.25) is 0 Å². The van der Waals surface area contributed by atoms with Crippen LogP contribution in [0, 0.1) is 5.92 Å². The topological polar surface area (TPSA) is 0 Å². The van der Waals surface area contributed by atoms with E-state index in [2.05, 4.69) is 0 Å². The lowest BCUT2D eigenvalue weighted by Crippen LogP contribution is -2.50. The highest BCUT2D eigenvalue weighted by atomic mass is 19.4. The second-order valence-electron chi connectivity index (χ2n) is 2.95. The molecule has 0 amide bonds. The minimum atomic E-state index is -6.37. The van der Waals surface area contributed by atoms with Crippen LogP contribution in [0.4, 0.5) is 48.3 Å². The second kappa shape index (κ2) is 4.48. The zero-order valence-electron chi connectivity index (χ0n) is 7.39. The summed E-state index contributed by atoms with van der Waals surface area (Å²) >= 11 is 0. The monoisotopic (exact) mass is 284 g/mol. The third kappa shape index (κ3) is 4.19. The zero-order valence-corrected chi connectivity index (χ0v) is 7.39. The number of rotatable bonds is 2. The third-order valence-electron chi connectivity index (χ3n) is 1.62. The molecule has 0 radical (unpaired) electrons. The van der Waals surface area contributed by atoms with Gasteiger partial charge < -0.3 is 0 Å². The summed E-state index contributed by atoms with van der Waals surface area (Å²) in [4.78, 5) is 0. The number of halogens is 11. The molecule has 17 heavy (non-hydrogen) atoms. The summed E-state index contributed by atoms with van der Waals surface area (Å²) in [6.45, 7) is 0. The van der Waals surface area contributed by atoms with Gasteiger partial charge >= 0.3 is 18.5 Å². The molecule has 0 heterocycles. The molecule has 104 valence electrons. The van der Waals surface area contributed by atoms with Gasteiger partial charge in [0.05, 0.1) is 0 Å². The molecule has 0 aromatic heterocycles. The smallest absolute Gasteiger partial charge is 0.243 e. The van der Waals surface area contributed by atoms with Crippen LogP contribution >= 0.6 is 0 Å². The highest BCUT2D eigenvalue weighted by Crippen LogP contribution is 2.45. The van der Waals surface area contributed by atoms with Gasteiger partial charge in [-0.05, 0) is 0 Å². The molecule has 11 heteroatoms. The van der Waals surface area contributed by atoms with Crippen molar-refractivity contribution < 1.29 is 48.3 Å². The first-order chi connectivity index (χ1) is 7.19. The van der Waals surface area contributed by atoms with Gasteiger partial charge in [0.2, 0.25) is 6.17 Å². The maximum atomic E-state index is 12.4. The van der Waals surface area contributed by atoms with Gasteiger partial charge in [-0.15, -0.1) is 0 Å². The largest absolute Gasteiger partial charge is 0.422 e. The Morgan fingerprint density at radius 1 is 0.529 bits per heavy atom. The predicted molar refractivity (Wildman–Crippen MR) is 31.4 cm³/mol. The summed E-state index contributed by atoms with van der Waals surface area (Å²) < 4.78 is 129. The van der Waals surface area contributed by atoms with Crippen LogP contribution in [0.5, 0.6) is 0 Å². The molecule has 0 saturated carbocycles. The molecule has 0 fully saturated rings. The van der Waals surface area contributed by atoms with E-state index >= 15 is 0 Å². The van der Waals surface area contributed by atoms with Gasteiger partial charge in [0, 0.05) is 0 Å². The third-order valence-corrected chi connectivity index (χ3v) is 1.62. The van der Waals surface area contributed by atoms with E-state index in [1.165, 1.54) is 0 Å². The Morgan fingerprint density at radius 2 is 0.824 bits per heavy atom. The van der Waals surface area contributed by atoms with Gasteiger partial charge in [0.1, 0.15) is 0 Å². The fraction of sp³-hybridized carbons (Fsp3) is 1.00. The van der Waals surface area contributed by atoms with E-state index in [-0.39, 0.29) is 0 Å². The van der Waals surface area contributed by atoms with Crippen molar-refractivity contribution in [1.82, 2.24) is 0 Å². The van der Waals surface area contributed by atoms with Crippen LogP contribution < -0.4 is 0 Å². The van der Waals surface area contributed by atoms with Crippen LogP contribution in [0.3, 0.4) is 0 Å². The second-order valence-corrected chi connectivity index (χ2v) is 2.95. The molecule has 2 unspecified atom stereocenters. The molecule has 0 aromatic rings. The Balaban J connectivity index is 5.24. The van der Waals surface area contributed by atoms with Gasteiger partial charge in [0.15, 0.2) is 12.1 Å². The molecule has 0 rings (SSSR count). The van der Waals surface area contributed by atoms with Gasteiger partial charge in [-0.25, -0.2) is 8.78 Å². The van der Waals surface area contributed by atoms with Crippen molar-refractivity contribution in [3.63, 3.8) is 0 Å². The van der Waals surface area contributed by atoms with Crippen LogP contribution in [0.2, 0.25) is 0 Å². The fourth-order valence-electron chi connectivity index (χ4n) is 0.896. The van der Waals surface area contributed by atoms with Crippen LogP contribution in [-0.2, 0) is 0 Å². The quantitative estimate of drug-likeness (QED) is 0.673. The van der Waals surface area contributed by atoms with Crippen molar-refractivity contribution in [2.75, 3.05) is 0 Å². The minimum absolute atomic E-state index is 4.80. The molecule has 0 nitrogen and oxygen atoms in total. The first-order valence-corrected chi connectivity index (χ1v) is 3.67. The van der Waals surface area contributed by atoms with Gasteiger partial charge in [-0.1, -0.05) is 0 Å². The van der Waals surface area contributed by atoms with Crippen molar-refractivity contribution in [2.45, 2.75) is 30.9 Å². The summed E-state index contributed by atoms with van der Waals surface area (Å²) in [7, 11) is 0. The molecule has 2 atom stereocenters. The molecule has 0 aliphatic carbocycles. The van der Waals surface area contributed by atoms with Crippen LogP contribution in [0.15, 0.2) is 0 Å². The van der Waals surface area contributed by atoms with E-state index in [0.29, 0.717) is 0 Å². The highest BCUT2D eigenvalue weighted by Gasteiger charge is 2.65. The SMILES string of the molecule is FC(C(F)C(F)(F)F)C(C(F)(F)F)C(F)(F)F. The van der Waals surface area contributed by atoms with Crippen LogP contribution in [-0.4, -0.2) is 30.9 Å².